The molecule has 1 aliphatic rings. The van der Waals surface area contributed by atoms with E-state index >= 15 is 0 Å². The van der Waals surface area contributed by atoms with Crippen molar-refractivity contribution in [2.24, 2.45) is 5.92 Å². The average molecular weight is 311 g/mol. The number of aromatic nitrogens is 2. The zero-order valence-corrected chi connectivity index (χ0v) is 14.1. The van der Waals surface area contributed by atoms with E-state index in [4.69, 9.17) is 0 Å². The molecular formula is C15H25N3O2S. The minimum absolute atomic E-state index is 0.426. The Balaban J connectivity index is 2.10. The maximum absolute atomic E-state index is 11.6. The van der Waals surface area contributed by atoms with Gasteiger partial charge in [-0.25, -0.2) is 18.4 Å². The van der Waals surface area contributed by atoms with Gasteiger partial charge in [0.1, 0.15) is 11.1 Å². The summed E-state index contributed by atoms with van der Waals surface area (Å²) >= 11 is 0. The summed E-state index contributed by atoms with van der Waals surface area (Å²) in [6.07, 6.45) is 6.03. The summed E-state index contributed by atoms with van der Waals surface area (Å²) in [5, 5.41) is 2.84. The van der Waals surface area contributed by atoms with Gasteiger partial charge in [-0.3, -0.25) is 0 Å². The SMILES string of the molecule is CC(C)NCC1CCc2nc(C(C)S(C)(=O)=O)ncc2C1. The Hall–Kier alpha value is -1.01. The van der Waals surface area contributed by atoms with Crippen molar-refractivity contribution in [3.05, 3.63) is 23.3 Å². The summed E-state index contributed by atoms with van der Waals surface area (Å²) in [6.45, 7) is 6.96. The Labute approximate surface area is 127 Å². The topological polar surface area (TPSA) is 72.0 Å². The molecule has 1 N–H and O–H groups in total. The zero-order valence-electron chi connectivity index (χ0n) is 13.3. The molecule has 5 nitrogen and oxygen atoms in total. The number of nitrogens with zero attached hydrogens (tertiary/aromatic N) is 2. The predicted octanol–water partition coefficient (Wildman–Crippen LogP) is 1.69. The molecule has 0 aromatic carbocycles. The lowest BCUT2D eigenvalue weighted by molar-refractivity contribution is 0.402. The van der Waals surface area contributed by atoms with E-state index in [0.717, 1.165) is 31.5 Å². The molecule has 1 aromatic heterocycles. The van der Waals surface area contributed by atoms with Gasteiger partial charge in [-0.15, -0.1) is 0 Å². The van der Waals surface area contributed by atoms with Crippen molar-refractivity contribution in [2.45, 2.75) is 51.3 Å². The highest BCUT2D eigenvalue weighted by Crippen LogP contribution is 2.25. The molecule has 118 valence electrons. The number of hydrogen-bond donors (Lipinski definition) is 1. The average Bonchev–Trinajstić information content (AvgIpc) is 2.42. The molecule has 1 aromatic rings. The number of hydrogen-bond acceptors (Lipinski definition) is 5. The molecule has 2 rings (SSSR count). The number of aryl methyl sites for hydroxylation is 1. The quantitative estimate of drug-likeness (QED) is 0.896. The van der Waals surface area contributed by atoms with Crippen LogP contribution >= 0.6 is 0 Å². The fraction of sp³-hybridized carbons (Fsp3) is 0.733. The molecule has 0 saturated carbocycles. The Bertz CT molecular complexity index is 599. The monoisotopic (exact) mass is 311 g/mol. The molecule has 2 atom stereocenters. The fourth-order valence-corrected chi connectivity index (χ4v) is 3.06. The third-order valence-corrected chi connectivity index (χ3v) is 5.59. The molecule has 1 aliphatic carbocycles. The largest absolute Gasteiger partial charge is 0.314 e. The van der Waals surface area contributed by atoms with Crippen molar-refractivity contribution < 1.29 is 8.42 Å². The summed E-state index contributed by atoms with van der Waals surface area (Å²) in [4.78, 5) is 8.78. The molecule has 0 radical (unpaired) electrons. The van der Waals surface area contributed by atoms with Crippen LogP contribution in [-0.4, -0.2) is 37.2 Å². The Kier molecular flexibility index (Phi) is 4.99. The minimum atomic E-state index is -3.15. The van der Waals surface area contributed by atoms with Gasteiger partial charge >= 0.3 is 0 Å². The summed E-state index contributed by atoms with van der Waals surface area (Å²) in [5.41, 5.74) is 2.19. The summed E-state index contributed by atoms with van der Waals surface area (Å²) in [7, 11) is -3.15. The Morgan fingerprint density at radius 2 is 2.10 bits per heavy atom. The third-order valence-electron chi connectivity index (χ3n) is 4.09. The van der Waals surface area contributed by atoms with E-state index in [1.165, 1.54) is 11.8 Å². The maximum atomic E-state index is 11.6. The van der Waals surface area contributed by atoms with E-state index in [0.29, 0.717) is 17.8 Å². The highest BCUT2D eigenvalue weighted by atomic mass is 32.2. The van der Waals surface area contributed by atoms with E-state index in [-0.39, 0.29) is 0 Å². The van der Waals surface area contributed by atoms with Gasteiger partial charge in [0.05, 0.1) is 0 Å². The minimum Gasteiger partial charge on any atom is -0.314 e. The number of sulfone groups is 1. The first-order valence-corrected chi connectivity index (χ1v) is 9.49. The number of nitrogens with one attached hydrogen (secondary N) is 1. The first-order chi connectivity index (χ1) is 9.77. The van der Waals surface area contributed by atoms with Crippen LogP contribution in [0.25, 0.3) is 0 Å². The number of fused-ring (bicyclic) bond motifs is 1. The molecule has 0 amide bonds. The summed E-state index contributed by atoms with van der Waals surface area (Å²) in [5.74, 6) is 1.04. The van der Waals surface area contributed by atoms with Gasteiger partial charge < -0.3 is 5.32 Å². The second-order valence-electron chi connectivity index (χ2n) is 6.34. The lowest BCUT2D eigenvalue weighted by Gasteiger charge is -2.25. The maximum Gasteiger partial charge on any atom is 0.157 e. The van der Waals surface area contributed by atoms with Crippen LogP contribution in [0, 0.1) is 5.92 Å². The van der Waals surface area contributed by atoms with Crippen molar-refractivity contribution in [3.8, 4) is 0 Å². The van der Waals surface area contributed by atoms with Gasteiger partial charge in [0.25, 0.3) is 0 Å². The van der Waals surface area contributed by atoms with Crippen LogP contribution in [0.1, 0.15) is 49.5 Å². The van der Waals surface area contributed by atoms with Crippen LogP contribution in [-0.2, 0) is 22.7 Å². The van der Waals surface area contributed by atoms with Gasteiger partial charge in [0.2, 0.25) is 0 Å². The van der Waals surface area contributed by atoms with Gasteiger partial charge in [-0.2, -0.15) is 0 Å². The molecule has 1 heterocycles. The van der Waals surface area contributed by atoms with Crippen LogP contribution in [0.4, 0.5) is 0 Å². The van der Waals surface area contributed by atoms with E-state index in [1.54, 1.807) is 6.92 Å². The normalized spacial score (nSPS) is 20.3. The summed E-state index contributed by atoms with van der Waals surface area (Å²) < 4.78 is 23.2. The predicted molar refractivity (Wildman–Crippen MR) is 83.9 cm³/mol. The van der Waals surface area contributed by atoms with Crippen LogP contribution in [0.5, 0.6) is 0 Å². The molecule has 0 bridgehead atoms. The molecule has 2 unspecified atom stereocenters. The van der Waals surface area contributed by atoms with E-state index in [2.05, 4.69) is 29.1 Å². The van der Waals surface area contributed by atoms with Crippen LogP contribution < -0.4 is 5.32 Å². The second kappa shape index (κ2) is 6.40. The van der Waals surface area contributed by atoms with Gasteiger partial charge in [-0.1, -0.05) is 13.8 Å². The Morgan fingerprint density at radius 3 is 2.71 bits per heavy atom. The van der Waals surface area contributed by atoms with Crippen molar-refractivity contribution >= 4 is 9.84 Å². The molecule has 0 saturated heterocycles. The highest BCUT2D eigenvalue weighted by Gasteiger charge is 2.24. The van der Waals surface area contributed by atoms with E-state index in [9.17, 15) is 8.42 Å². The standard InChI is InChI=1S/C15H25N3O2S/c1-10(2)16-8-12-5-6-14-13(7-12)9-17-15(18-14)11(3)21(4,19)20/h9-12,16H,5-8H2,1-4H3. The highest BCUT2D eigenvalue weighted by molar-refractivity contribution is 7.90. The lowest BCUT2D eigenvalue weighted by atomic mass is 9.87. The van der Waals surface area contributed by atoms with Crippen LogP contribution in [0.3, 0.4) is 0 Å². The van der Waals surface area contributed by atoms with Crippen molar-refractivity contribution in [2.75, 3.05) is 12.8 Å². The molecule has 0 aliphatic heterocycles. The molecule has 6 heteroatoms. The van der Waals surface area contributed by atoms with Crippen molar-refractivity contribution in [3.63, 3.8) is 0 Å². The fourth-order valence-electron chi connectivity index (χ4n) is 2.56. The van der Waals surface area contributed by atoms with Crippen molar-refractivity contribution in [1.82, 2.24) is 15.3 Å². The van der Waals surface area contributed by atoms with Gasteiger partial charge in [-0.05, 0) is 44.2 Å². The van der Waals surface area contributed by atoms with E-state index < -0.39 is 15.1 Å². The smallest absolute Gasteiger partial charge is 0.157 e. The van der Waals surface area contributed by atoms with Crippen LogP contribution in [0.15, 0.2) is 6.20 Å². The first kappa shape index (κ1) is 16.4. The Morgan fingerprint density at radius 1 is 1.38 bits per heavy atom. The zero-order chi connectivity index (χ0) is 15.6. The molecule has 0 spiro atoms. The molecule has 21 heavy (non-hydrogen) atoms. The number of rotatable bonds is 5. The van der Waals surface area contributed by atoms with Crippen LogP contribution in [0.2, 0.25) is 0 Å². The molecular weight excluding hydrogens is 286 g/mol. The second-order valence-corrected chi connectivity index (χ2v) is 8.71. The van der Waals surface area contributed by atoms with Gasteiger partial charge in [0.15, 0.2) is 9.84 Å². The third kappa shape index (κ3) is 4.23. The van der Waals surface area contributed by atoms with E-state index in [1.807, 2.05) is 6.20 Å². The summed E-state index contributed by atoms with van der Waals surface area (Å²) in [6, 6.07) is 0.501. The lowest BCUT2D eigenvalue weighted by Crippen LogP contribution is -2.32. The first-order valence-electron chi connectivity index (χ1n) is 7.54. The van der Waals surface area contributed by atoms with Crippen molar-refractivity contribution in [1.29, 1.82) is 0 Å². The van der Waals surface area contributed by atoms with Gasteiger partial charge in [0, 0.05) is 24.2 Å². The molecule has 0 fully saturated rings.